The third-order valence-corrected chi connectivity index (χ3v) is 2.65. The average molecular weight is 268 g/mol. The van der Waals surface area contributed by atoms with E-state index < -0.39 is 17.9 Å². The van der Waals surface area contributed by atoms with Crippen LogP contribution in [0.3, 0.4) is 0 Å². The van der Waals surface area contributed by atoms with Gasteiger partial charge in [-0.1, -0.05) is 32.9 Å². The minimum atomic E-state index is -1.05. The van der Waals surface area contributed by atoms with Gasteiger partial charge in [0.05, 0.1) is 5.69 Å². The van der Waals surface area contributed by atoms with Crippen LogP contribution >= 0.6 is 0 Å². The predicted octanol–water partition coefficient (Wildman–Crippen LogP) is 2.03. The molecule has 0 aromatic carbocycles. The highest BCUT2D eigenvalue weighted by molar-refractivity contribution is 5.94. The Morgan fingerprint density at radius 3 is 2.42 bits per heavy atom. The van der Waals surface area contributed by atoms with Crippen molar-refractivity contribution in [3.8, 4) is 0 Å². The first kappa shape index (κ1) is 15.2. The maximum atomic E-state index is 11.9. The van der Waals surface area contributed by atoms with Gasteiger partial charge in [-0.2, -0.15) is 0 Å². The van der Waals surface area contributed by atoms with Crippen molar-refractivity contribution in [1.82, 2.24) is 10.5 Å². The Hall–Kier alpha value is -1.85. The molecule has 106 valence electrons. The van der Waals surface area contributed by atoms with Crippen LogP contribution in [0.5, 0.6) is 0 Å². The van der Waals surface area contributed by atoms with Gasteiger partial charge in [0.15, 0.2) is 0 Å². The summed E-state index contributed by atoms with van der Waals surface area (Å²) in [5.41, 5.74) is 0.667. The van der Waals surface area contributed by atoms with E-state index in [4.69, 9.17) is 9.63 Å². The molecule has 0 aliphatic carbocycles. The molecule has 6 nitrogen and oxygen atoms in total. The molecule has 0 saturated heterocycles. The molecule has 2 N–H and O–H groups in total. The number of nitrogens with zero attached hydrogens (tertiary/aromatic N) is 1. The lowest BCUT2D eigenvalue weighted by Crippen LogP contribution is -2.41. The Labute approximate surface area is 112 Å². The fourth-order valence-corrected chi connectivity index (χ4v) is 1.59. The zero-order valence-electron chi connectivity index (χ0n) is 11.6. The fourth-order valence-electron chi connectivity index (χ4n) is 1.59. The number of carbonyl (C=O) groups excluding carboxylic acids is 1. The summed E-state index contributed by atoms with van der Waals surface area (Å²) >= 11 is 0. The van der Waals surface area contributed by atoms with E-state index in [1.807, 2.05) is 27.7 Å². The Kier molecular flexibility index (Phi) is 5.09. The van der Waals surface area contributed by atoms with Crippen LogP contribution in [-0.4, -0.2) is 28.2 Å². The Balaban J connectivity index is 2.73. The van der Waals surface area contributed by atoms with Crippen LogP contribution in [0.2, 0.25) is 0 Å². The zero-order valence-corrected chi connectivity index (χ0v) is 11.6. The van der Waals surface area contributed by atoms with Crippen LogP contribution < -0.4 is 5.32 Å². The molecule has 0 aliphatic rings. The minimum Gasteiger partial charge on any atom is -0.480 e. The van der Waals surface area contributed by atoms with Gasteiger partial charge in [0, 0.05) is 6.07 Å². The first-order valence-corrected chi connectivity index (χ1v) is 6.31. The standard InChI is InChI=1S/C13H20N2O4/c1-7(2)5-10(13(17)18)14-12(16)11-6-9(8(3)4)15-19-11/h6-8,10H,5H2,1-4H3,(H,14,16)(H,17,18)/t10-/m0/s1. The molecule has 1 amide bonds. The SMILES string of the molecule is CC(C)C[C@H](NC(=O)c1cc(C(C)C)no1)C(=O)O. The topological polar surface area (TPSA) is 92.4 Å². The van der Waals surface area contributed by atoms with Crippen molar-refractivity contribution in [2.75, 3.05) is 0 Å². The number of aliphatic carboxylic acids is 1. The second-order valence-electron chi connectivity index (χ2n) is 5.26. The van der Waals surface area contributed by atoms with Gasteiger partial charge in [-0.3, -0.25) is 4.79 Å². The summed E-state index contributed by atoms with van der Waals surface area (Å²) in [4.78, 5) is 22.9. The molecular weight excluding hydrogens is 248 g/mol. The highest BCUT2D eigenvalue weighted by Gasteiger charge is 2.24. The smallest absolute Gasteiger partial charge is 0.326 e. The number of hydrogen-bond donors (Lipinski definition) is 2. The molecule has 0 unspecified atom stereocenters. The average Bonchev–Trinajstić information content (AvgIpc) is 2.76. The van der Waals surface area contributed by atoms with Gasteiger partial charge in [0.25, 0.3) is 5.91 Å². The zero-order chi connectivity index (χ0) is 14.6. The summed E-state index contributed by atoms with van der Waals surface area (Å²) < 4.78 is 4.92. The second kappa shape index (κ2) is 6.36. The van der Waals surface area contributed by atoms with E-state index in [2.05, 4.69) is 10.5 Å². The molecule has 0 spiro atoms. The highest BCUT2D eigenvalue weighted by atomic mass is 16.5. The van der Waals surface area contributed by atoms with Crippen LogP contribution in [0, 0.1) is 5.92 Å². The van der Waals surface area contributed by atoms with E-state index in [0.29, 0.717) is 12.1 Å². The second-order valence-corrected chi connectivity index (χ2v) is 5.26. The number of rotatable bonds is 6. The summed E-state index contributed by atoms with van der Waals surface area (Å²) in [6.07, 6.45) is 0.367. The molecule has 1 rings (SSSR count). The number of nitrogens with one attached hydrogen (secondary N) is 1. The van der Waals surface area contributed by atoms with Crippen LogP contribution in [0.25, 0.3) is 0 Å². The summed E-state index contributed by atoms with van der Waals surface area (Å²) in [7, 11) is 0. The lowest BCUT2D eigenvalue weighted by molar-refractivity contribution is -0.139. The van der Waals surface area contributed by atoms with Crippen LogP contribution in [-0.2, 0) is 4.79 Å². The van der Waals surface area contributed by atoms with E-state index in [0.717, 1.165) is 0 Å². The molecule has 0 saturated carbocycles. The normalized spacial score (nSPS) is 12.7. The monoisotopic (exact) mass is 268 g/mol. The number of carboxylic acids is 1. The van der Waals surface area contributed by atoms with Crippen LogP contribution in [0.1, 0.15) is 56.3 Å². The molecule has 1 aromatic heterocycles. The maximum absolute atomic E-state index is 11.9. The Bertz CT molecular complexity index is 451. The van der Waals surface area contributed by atoms with Crippen molar-refractivity contribution >= 4 is 11.9 Å². The third-order valence-electron chi connectivity index (χ3n) is 2.65. The van der Waals surface area contributed by atoms with Gasteiger partial charge in [0.2, 0.25) is 5.76 Å². The van der Waals surface area contributed by atoms with Crippen molar-refractivity contribution in [1.29, 1.82) is 0 Å². The van der Waals surface area contributed by atoms with E-state index in [-0.39, 0.29) is 17.6 Å². The Morgan fingerprint density at radius 1 is 1.37 bits per heavy atom. The van der Waals surface area contributed by atoms with Crippen LogP contribution in [0.4, 0.5) is 0 Å². The number of carboxylic acid groups (broad SMARTS) is 1. The molecule has 1 atom stereocenters. The predicted molar refractivity (Wildman–Crippen MR) is 68.9 cm³/mol. The van der Waals surface area contributed by atoms with E-state index >= 15 is 0 Å². The lowest BCUT2D eigenvalue weighted by atomic mass is 10.0. The molecule has 0 bridgehead atoms. The van der Waals surface area contributed by atoms with Crippen molar-refractivity contribution in [2.24, 2.45) is 5.92 Å². The van der Waals surface area contributed by atoms with Gasteiger partial charge >= 0.3 is 5.97 Å². The molecule has 1 aromatic rings. The number of amides is 1. The van der Waals surface area contributed by atoms with E-state index in [1.54, 1.807) is 0 Å². The summed E-state index contributed by atoms with van der Waals surface area (Å²) in [6, 6.07) is 0.619. The van der Waals surface area contributed by atoms with E-state index in [1.165, 1.54) is 6.07 Å². The van der Waals surface area contributed by atoms with Gasteiger partial charge in [0.1, 0.15) is 6.04 Å². The lowest BCUT2D eigenvalue weighted by Gasteiger charge is -2.15. The number of carbonyl (C=O) groups is 2. The molecule has 0 aliphatic heterocycles. The first-order valence-electron chi connectivity index (χ1n) is 6.31. The van der Waals surface area contributed by atoms with Gasteiger partial charge in [-0.25, -0.2) is 4.79 Å². The molecule has 0 radical (unpaired) electrons. The summed E-state index contributed by atoms with van der Waals surface area (Å²) in [6.45, 7) is 7.65. The van der Waals surface area contributed by atoms with Crippen molar-refractivity contribution in [2.45, 2.75) is 46.1 Å². The quantitative estimate of drug-likeness (QED) is 0.823. The fraction of sp³-hybridized carbons (Fsp3) is 0.615. The van der Waals surface area contributed by atoms with Crippen molar-refractivity contribution < 1.29 is 19.2 Å². The van der Waals surface area contributed by atoms with Crippen LogP contribution in [0.15, 0.2) is 10.6 Å². The van der Waals surface area contributed by atoms with Gasteiger partial charge < -0.3 is 14.9 Å². The van der Waals surface area contributed by atoms with Crippen molar-refractivity contribution in [3.05, 3.63) is 17.5 Å². The van der Waals surface area contributed by atoms with E-state index in [9.17, 15) is 9.59 Å². The van der Waals surface area contributed by atoms with Gasteiger partial charge in [-0.15, -0.1) is 0 Å². The molecular formula is C13H20N2O4. The van der Waals surface area contributed by atoms with Gasteiger partial charge in [-0.05, 0) is 18.3 Å². The minimum absolute atomic E-state index is 0.0405. The third kappa shape index (κ3) is 4.39. The first-order chi connectivity index (χ1) is 8.81. The number of hydrogen-bond acceptors (Lipinski definition) is 4. The molecule has 0 fully saturated rings. The highest BCUT2D eigenvalue weighted by Crippen LogP contribution is 2.14. The largest absolute Gasteiger partial charge is 0.480 e. The maximum Gasteiger partial charge on any atom is 0.326 e. The Morgan fingerprint density at radius 2 is 2.00 bits per heavy atom. The van der Waals surface area contributed by atoms with Crippen molar-refractivity contribution in [3.63, 3.8) is 0 Å². The molecule has 1 heterocycles. The number of aromatic nitrogens is 1. The summed E-state index contributed by atoms with van der Waals surface area (Å²) in [5, 5.41) is 15.3. The summed E-state index contributed by atoms with van der Waals surface area (Å²) in [5.74, 6) is -1.24. The molecule has 6 heteroatoms. The molecule has 19 heavy (non-hydrogen) atoms.